The van der Waals surface area contributed by atoms with Crippen LogP contribution in [0.15, 0.2) is 29.2 Å². The normalized spacial score (nSPS) is 22.7. The smallest absolute Gasteiger partial charge is 0.246 e. The zero-order valence-corrected chi connectivity index (χ0v) is 12.9. The van der Waals surface area contributed by atoms with Crippen LogP contribution >= 0.6 is 0 Å². The van der Waals surface area contributed by atoms with Gasteiger partial charge in [-0.2, -0.15) is 4.31 Å². The molecule has 0 spiro atoms. The van der Waals surface area contributed by atoms with Crippen LogP contribution in [0.4, 0.5) is 0 Å². The van der Waals surface area contributed by atoms with Crippen LogP contribution in [0.5, 0.6) is 5.75 Å². The third-order valence-electron chi connectivity index (χ3n) is 4.60. The van der Waals surface area contributed by atoms with Gasteiger partial charge in [-0.3, -0.25) is 4.90 Å². The summed E-state index contributed by atoms with van der Waals surface area (Å²) in [7, 11) is -3.58. The van der Waals surface area contributed by atoms with Gasteiger partial charge in [0.2, 0.25) is 10.0 Å². The molecular weight excluding hydrogens is 288 g/mol. The van der Waals surface area contributed by atoms with Crippen molar-refractivity contribution < 1.29 is 13.5 Å². The molecule has 2 fully saturated rings. The molecule has 0 atom stereocenters. The lowest BCUT2D eigenvalue weighted by molar-refractivity contribution is 0.139. The summed E-state index contributed by atoms with van der Waals surface area (Å²) in [6, 6.07) is 6.80. The Labute approximate surface area is 126 Å². The predicted octanol–water partition coefficient (Wildman–Crippen LogP) is 1.64. The molecule has 1 aliphatic carbocycles. The van der Waals surface area contributed by atoms with Gasteiger partial charge in [0.25, 0.3) is 0 Å². The monoisotopic (exact) mass is 310 g/mol. The summed E-state index contributed by atoms with van der Waals surface area (Å²) in [6.45, 7) is 2.59. The van der Waals surface area contributed by atoms with Crippen molar-refractivity contribution in [2.45, 2.75) is 36.6 Å². The highest BCUT2D eigenvalue weighted by Gasteiger charge is 2.32. The van der Waals surface area contributed by atoms with Crippen molar-refractivity contribution in [2.24, 2.45) is 0 Å². The van der Waals surface area contributed by atoms with E-state index in [-0.39, 0.29) is 10.6 Å². The van der Waals surface area contributed by atoms with E-state index in [2.05, 4.69) is 4.90 Å². The summed E-state index contributed by atoms with van der Waals surface area (Å²) < 4.78 is 26.7. The van der Waals surface area contributed by atoms with Gasteiger partial charge in [0.05, 0.1) is 0 Å². The summed E-state index contributed by atoms with van der Waals surface area (Å²) in [4.78, 5) is 2.43. The second-order valence-corrected chi connectivity index (χ2v) is 7.75. The van der Waals surface area contributed by atoms with Gasteiger partial charge in [-0.05, 0) is 25.0 Å². The highest BCUT2D eigenvalue weighted by atomic mass is 32.2. The van der Waals surface area contributed by atoms with Crippen molar-refractivity contribution in [1.82, 2.24) is 9.21 Å². The zero-order valence-electron chi connectivity index (χ0n) is 12.1. The van der Waals surface area contributed by atoms with Gasteiger partial charge >= 0.3 is 0 Å². The second kappa shape index (κ2) is 5.94. The van der Waals surface area contributed by atoms with Gasteiger partial charge in [-0.25, -0.2) is 8.42 Å². The first-order valence-electron chi connectivity index (χ1n) is 7.61. The molecule has 3 rings (SSSR count). The molecule has 1 N–H and O–H groups in total. The first-order chi connectivity index (χ1) is 10.1. The highest BCUT2D eigenvalue weighted by Crippen LogP contribution is 2.28. The number of nitrogens with zero attached hydrogens (tertiary/aromatic N) is 2. The van der Waals surface area contributed by atoms with Gasteiger partial charge in [-0.1, -0.05) is 25.0 Å². The Morgan fingerprint density at radius 3 is 2.24 bits per heavy atom. The molecule has 0 amide bonds. The predicted molar refractivity (Wildman–Crippen MR) is 80.7 cm³/mol. The first-order valence-corrected chi connectivity index (χ1v) is 9.05. The van der Waals surface area contributed by atoms with Crippen LogP contribution in [0.1, 0.15) is 25.7 Å². The molecule has 21 heavy (non-hydrogen) atoms. The van der Waals surface area contributed by atoms with E-state index >= 15 is 0 Å². The van der Waals surface area contributed by atoms with Crippen LogP contribution in [0.2, 0.25) is 0 Å². The Kier molecular flexibility index (Phi) is 4.19. The standard InChI is InChI=1S/C15H22N2O3S/c18-14-7-3-4-8-15(14)21(19,20)17-11-9-16(10-12-17)13-5-1-2-6-13/h3-4,7-8,13,18H,1-2,5-6,9-12H2. The minimum atomic E-state index is -3.58. The van der Waals surface area contributed by atoms with Crippen LogP contribution in [0.25, 0.3) is 0 Å². The number of para-hydroxylation sites is 1. The fraction of sp³-hybridized carbons (Fsp3) is 0.600. The van der Waals surface area contributed by atoms with Gasteiger partial charge in [0.15, 0.2) is 0 Å². The van der Waals surface area contributed by atoms with Crippen molar-refractivity contribution in [3.8, 4) is 5.75 Å². The van der Waals surface area contributed by atoms with Crippen molar-refractivity contribution in [3.63, 3.8) is 0 Å². The number of phenols is 1. The molecule has 2 aliphatic rings. The fourth-order valence-electron chi connectivity index (χ4n) is 3.39. The molecule has 6 heteroatoms. The van der Waals surface area contributed by atoms with E-state index < -0.39 is 10.0 Å². The van der Waals surface area contributed by atoms with E-state index in [0.29, 0.717) is 19.1 Å². The van der Waals surface area contributed by atoms with Gasteiger partial charge in [0, 0.05) is 32.2 Å². The van der Waals surface area contributed by atoms with E-state index in [0.717, 1.165) is 13.1 Å². The van der Waals surface area contributed by atoms with Gasteiger partial charge in [0.1, 0.15) is 10.6 Å². The molecule has 1 heterocycles. The first kappa shape index (κ1) is 14.8. The van der Waals surface area contributed by atoms with Crippen molar-refractivity contribution in [1.29, 1.82) is 0 Å². The van der Waals surface area contributed by atoms with Crippen molar-refractivity contribution in [2.75, 3.05) is 26.2 Å². The molecule has 1 saturated carbocycles. The SMILES string of the molecule is O=S(=O)(c1ccccc1O)N1CCN(C2CCCC2)CC1. The zero-order chi connectivity index (χ0) is 14.9. The Morgan fingerprint density at radius 2 is 1.62 bits per heavy atom. The fourth-order valence-corrected chi connectivity index (χ4v) is 4.90. The minimum absolute atomic E-state index is 0.0133. The maximum Gasteiger partial charge on any atom is 0.246 e. The van der Waals surface area contributed by atoms with Crippen LogP contribution in [0.3, 0.4) is 0 Å². The Morgan fingerprint density at radius 1 is 1.00 bits per heavy atom. The number of hydrogen-bond acceptors (Lipinski definition) is 4. The van der Waals surface area contributed by atoms with Crippen LogP contribution in [-0.4, -0.2) is 55.0 Å². The molecule has 1 aromatic carbocycles. The number of benzene rings is 1. The maximum atomic E-state index is 12.6. The number of aromatic hydroxyl groups is 1. The number of phenolic OH excluding ortho intramolecular Hbond substituents is 1. The van der Waals surface area contributed by atoms with Crippen LogP contribution in [-0.2, 0) is 10.0 Å². The Bertz CT molecular complexity index is 589. The average molecular weight is 310 g/mol. The molecule has 116 valence electrons. The van der Waals surface area contributed by atoms with E-state index in [1.165, 1.54) is 42.1 Å². The Balaban J connectivity index is 1.70. The minimum Gasteiger partial charge on any atom is -0.507 e. The molecule has 0 radical (unpaired) electrons. The topological polar surface area (TPSA) is 60.9 Å². The molecule has 0 unspecified atom stereocenters. The molecule has 1 aromatic rings. The quantitative estimate of drug-likeness (QED) is 0.922. The summed E-state index contributed by atoms with van der Waals surface area (Å²) in [6.07, 6.45) is 5.07. The maximum absolute atomic E-state index is 12.6. The summed E-state index contributed by atoms with van der Waals surface area (Å²) in [5.41, 5.74) is 0. The highest BCUT2D eigenvalue weighted by molar-refractivity contribution is 7.89. The lowest BCUT2D eigenvalue weighted by atomic mass is 10.2. The van der Waals surface area contributed by atoms with E-state index in [1.54, 1.807) is 12.1 Å². The van der Waals surface area contributed by atoms with E-state index in [4.69, 9.17) is 0 Å². The van der Waals surface area contributed by atoms with Crippen molar-refractivity contribution in [3.05, 3.63) is 24.3 Å². The summed E-state index contributed by atoms with van der Waals surface area (Å²) in [5.74, 6) is -0.171. The number of sulfonamides is 1. The number of rotatable bonds is 3. The number of hydrogen-bond donors (Lipinski definition) is 1. The molecule has 1 saturated heterocycles. The average Bonchev–Trinajstić information content (AvgIpc) is 3.02. The lowest BCUT2D eigenvalue weighted by Gasteiger charge is -2.37. The molecule has 0 bridgehead atoms. The molecule has 0 aromatic heterocycles. The van der Waals surface area contributed by atoms with Crippen LogP contribution < -0.4 is 0 Å². The van der Waals surface area contributed by atoms with E-state index in [9.17, 15) is 13.5 Å². The molecule has 5 nitrogen and oxygen atoms in total. The number of piperazine rings is 1. The second-order valence-electron chi connectivity index (χ2n) is 5.85. The lowest BCUT2D eigenvalue weighted by Crippen LogP contribution is -2.51. The van der Waals surface area contributed by atoms with Gasteiger partial charge in [-0.15, -0.1) is 0 Å². The molecular formula is C15H22N2O3S. The van der Waals surface area contributed by atoms with Gasteiger partial charge < -0.3 is 5.11 Å². The van der Waals surface area contributed by atoms with E-state index in [1.807, 2.05) is 0 Å². The Hall–Kier alpha value is -1.11. The van der Waals surface area contributed by atoms with Crippen LogP contribution in [0, 0.1) is 0 Å². The molecule has 1 aliphatic heterocycles. The van der Waals surface area contributed by atoms with Crippen molar-refractivity contribution >= 4 is 10.0 Å². The summed E-state index contributed by atoms with van der Waals surface area (Å²) in [5, 5.41) is 9.79. The summed E-state index contributed by atoms with van der Waals surface area (Å²) >= 11 is 0. The largest absolute Gasteiger partial charge is 0.507 e. The third kappa shape index (κ3) is 2.93. The third-order valence-corrected chi connectivity index (χ3v) is 6.54.